The number of hydrogen-bond donors (Lipinski definition) is 1. The van der Waals surface area contributed by atoms with Crippen molar-refractivity contribution in [3.8, 4) is 5.88 Å². The molecular formula is C9H14N2O2. The van der Waals surface area contributed by atoms with Gasteiger partial charge in [-0.15, -0.1) is 0 Å². The molecule has 1 saturated carbocycles. The summed E-state index contributed by atoms with van der Waals surface area (Å²) in [7, 11) is 1.57. The second kappa shape index (κ2) is 2.48. The van der Waals surface area contributed by atoms with E-state index in [2.05, 4.69) is 19.0 Å². The smallest absolute Gasteiger partial charge is 0.254 e. The number of nitrogens with zero attached hydrogens (tertiary/aromatic N) is 1. The molecule has 4 nitrogen and oxygen atoms in total. The van der Waals surface area contributed by atoms with Gasteiger partial charge in [0.25, 0.3) is 5.88 Å². The highest BCUT2D eigenvalue weighted by Crippen LogP contribution is 2.57. The Kier molecular flexibility index (Phi) is 1.63. The molecule has 1 aromatic rings. The van der Waals surface area contributed by atoms with Crippen molar-refractivity contribution in [2.75, 3.05) is 7.11 Å². The molecule has 0 spiro atoms. The van der Waals surface area contributed by atoms with E-state index in [1.54, 1.807) is 13.2 Å². The standard InChI is InChI=1S/C9H14N2O2/c1-9(2)7(8(9)10)5-4-6(12-3)11-13-5/h4,7-8H,10H2,1-3H3/t7-,8-/m1/s1. The average molecular weight is 182 g/mol. The number of nitrogens with two attached hydrogens (primary N) is 1. The summed E-state index contributed by atoms with van der Waals surface area (Å²) in [5.74, 6) is 1.63. The average Bonchev–Trinajstić information content (AvgIpc) is 2.55. The fraction of sp³-hybridized carbons (Fsp3) is 0.667. The van der Waals surface area contributed by atoms with Crippen LogP contribution in [0.15, 0.2) is 10.6 Å². The Morgan fingerprint density at radius 2 is 2.23 bits per heavy atom. The molecule has 1 fully saturated rings. The number of ether oxygens (including phenoxy) is 1. The van der Waals surface area contributed by atoms with E-state index < -0.39 is 0 Å². The van der Waals surface area contributed by atoms with Crippen LogP contribution in [-0.4, -0.2) is 18.3 Å². The van der Waals surface area contributed by atoms with Crippen LogP contribution in [0.25, 0.3) is 0 Å². The monoisotopic (exact) mass is 182 g/mol. The van der Waals surface area contributed by atoms with Crippen molar-refractivity contribution in [3.05, 3.63) is 11.8 Å². The molecule has 2 rings (SSSR count). The highest BCUT2D eigenvalue weighted by Gasteiger charge is 2.58. The van der Waals surface area contributed by atoms with E-state index in [0.717, 1.165) is 5.76 Å². The maximum absolute atomic E-state index is 5.90. The van der Waals surface area contributed by atoms with Gasteiger partial charge in [-0.1, -0.05) is 13.8 Å². The van der Waals surface area contributed by atoms with Crippen molar-refractivity contribution in [1.82, 2.24) is 5.16 Å². The number of methoxy groups -OCH3 is 1. The summed E-state index contributed by atoms with van der Waals surface area (Å²) in [6.45, 7) is 4.24. The maximum atomic E-state index is 5.90. The van der Waals surface area contributed by atoms with Crippen molar-refractivity contribution in [2.45, 2.75) is 25.8 Å². The Morgan fingerprint density at radius 3 is 2.62 bits per heavy atom. The molecule has 1 aromatic heterocycles. The van der Waals surface area contributed by atoms with Gasteiger partial charge in [-0.3, -0.25) is 0 Å². The van der Waals surface area contributed by atoms with Crippen molar-refractivity contribution < 1.29 is 9.26 Å². The van der Waals surface area contributed by atoms with Crippen LogP contribution in [0.3, 0.4) is 0 Å². The molecule has 2 N–H and O–H groups in total. The van der Waals surface area contributed by atoms with Crippen molar-refractivity contribution in [3.63, 3.8) is 0 Å². The SMILES string of the molecule is COc1cc([C@@H]2[C@@H](N)C2(C)C)on1. The molecule has 0 unspecified atom stereocenters. The molecule has 72 valence electrons. The molecule has 13 heavy (non-hydrogen) atoms. The first-order valence-electron chi connectivity index (χ1n) is 4.33. The summed E-state index contributed by atoms with van der Waals surface area (Å²) in [6, 6.07) is 1.98. The van der Waals surface area contributed by atoms with E-state index in [0.29, 0.717) is 5.88 Å². The molecular weight excluding hydrogens is 168 g/mol. The molecule has 1 aliphatic carbocycles. The number of aromatic nitrogens is 1. The minimum Gasteiger partial charge on any atom is -0.479 e. The van der Waals surface area contributed by atoms with E-state index in [-0.39, 0.29) is 17.4 Å². The first kappa shape index (κ1) is 8.56. The van der Waals surface area contributed by atoms with E-state index in [1.165, 1.54) is 0 Å². The second-order valence-electron chi connectivity index (χ2n) is 4.10. The minimum absolute atomic E-state index is 0.130. The molecule has 1 aliphatic rings. The third kappa shape index (κ3) is 1.13. The minimum atomic E-state index is 0.130. The van der Waals surface area contributed by atoms with E-state index in [4.69, 9.17) is 15.0 Å². The van der Waals surface area contributed by atoms with Crippen LogP contribution in [0.5, 0.6) is 5.88 Å². The van der Waals surface area contributed by atoms with Crippen LogP contribution in [0.1, 0.15) is 25.5 Å². The van der Waals surface area contributed by atoms with Crippen LogP contribution >= 0.6 is 0 Å². The molecule has 0 aliphatic heterocycles. The quantitative estimate of drug-likeness (QED) is 0.744. The fourth-order valence-electron chi connectivity index (χ4n) is 1.74. The zero-order valence-corrected chi connectivity index (χ0v) is 8.07. The summed E-state index contributed by atoms with van der Waals surface area (Å²) in [6.07, 6.45) is 0. The van der Waals surface area contributed by atoms with Gasteiger partial charge in [0.05, 0.1) is 7.11 Å². The van der Waals surface area contributed by atoms with Crippen LogP contribution < -0.4 is 10.5 Å². The first-order valence-corrected chi connectivity index (χ1v) is 4.33. The molecule has 0 saturated heterocycles. The Hall–Kier alpha value is -1.03. The van der Waals surface area contributed by atoms with Gasteiger partial charge in [0.2, 0.25) is 0 Å². The summed E-state index contributed by atoms with van der Waals surface area (Å²) >= 11 is 0. The molecule has 2 atom stereocenters. The Bertz CT molecular complexity index is 319. The highest BCUT2D eigenvalue weighted by molar-refractivity contribution is 5.29. The molecule has 1 heterocycles. The first-order chi connectivity index (χ1) is 6.07. The Balaban J connectivity index is 2.19. The maximum Gasteiger partial charge on any atom is 0.254 e. The van der Waals surface area contributed by atoms with E-state index >= 15 is 0 Å². The highest BCUT2D eigenvalue weighted by atomic mass is 16.5. The lowest BCUT2D eigenvalue weighted by atomic mass is 10.1. The van der Waals surface area contributed by atoms with Crippen molar-refractivity contribution in [1.29, 1.82) is 0 Å². The van der Waals surface area contributed by atoms with Gasteiger partial charge in [0.15, 0.2) is 0 Å². The van der Waals surface area contributed by atoms with Gasteiger partial charge in [-0.25, -0.2) is 0 Å². The zero-order valence-electron chi connectivity index (χ0n) is 8.07. The van der Waals surface area contributed by atoms with Crippen LogP contribution in [0.4, 0.5) is 0 Å². The van der Waals surface area contributed by atoms with Crippen LogP contribution in [-0.2, 0) is 0 Å². The van der Waals surface area contributed by atoms with E-state index in [9.17, 15) is 0 Å². The molecule has 0 bridgehead atoms. The Labute approximate surface area is 77.0 Å². The lowest BCUT2D eigenvalue weighted by Gasteiger charge is -1.96. The number of rotatable bonds is 2. The normalized spacial score (nSPS) is 30.2. The van der Waals surface area contributed by atoms with Gasteiger partial charge in [0.1, 0.15) is 5.76 Å². The fourth-order valence-corrected chi connectivity index (χ4v) is 1.74. The lowest BCUT2D eigenvalue weighted by Crippen LogP contribution is -2.06. The third-order valence-electron chi connectivity index (χ3n) is 2.93. The summed E-state index contributed by atoms with van der Waals surface area (Å²) < 4.78 is 10.1. The molecule has 4 heteroatoms. The second-order valence-corrected chi connectivity index (χ2v) is 4.10. The largest absolute Gasteiger partial charge is 0.479 e. The predicted octanol–water partition coefficient (Wildman–Crippen LogP) is 1.13. The van der Waals surface area contributed by atoms with Gasteiger partial charge in [0, 0.05) is 18.0 Å². The molecule has 0 radical (unpaired) electrons. The van der Waals surface area contributed by atoms with Crippen molar-refractivity contribution in [2.24, 2.45) is 11.1 Å². The van der Waals surface area contributed by atoms with Gasteiger partial charge < -0.3 is 15.0 Å². The molecule has 0 amide bonds. The van der Waals surface area contributed by atoms with Gasteiger partial charge in [-0.05, 0) is 10.6 Å². The molecule has 0 aromatic carbocycles. The van der Waals surface area contributed by atoms with Crippen LogP contribution in [0.2, 0.25) is 0 Å². The summed E-state index contributed by atoms with van der Waals surface area (Å²) in [5, 5.41) is 3.74. The van der Waals surface area contributed by atoms with Gasteiger partial charge in [-0.2, -0.15) is 0 Å². The lowest BCUT2D eigenvalue weighted by molar-refractivity contribution is 0.323. The zero-order chi connectivity index (χ0) is 9.64. The van der Waals surface area contributed by atoms with Crippen LogP contribution in [0, 0.1) is 5.41 Å². The third-order valence-corrected chi connectivity index (χ3v) is 2.93. The number of hydrogen-bond acceptors (Lipinski definition) is 4. The topological polar surface area (TPSA) is 61.3 Å². The summed E-state index contributed by atoms with van der Waals surface area (Å²) in [5.41, 5.74) is 6.03. The Morgan fingerprint density at radius 1 is 1.62 bits per heavy atom. The van der Waals surface area contributed by atoms with E-state index in [1.807, 2.05) is 0 Å². The van der Waals surface area contributed by atoms with Crippen molar-refractivity contribution >= 4 is 0 Å². The summed E-state index contributed by atoms with van der Waals surface area (Å²) in [4.78, 5) is 0. The predicted molar refractivity (Wildman–Crippen MR) is 47.6 cm³/mol. The van der Waals surface area contributed by atoms with Gasteiger partial charge >= 0.3 is 0 Å².